The number of aliphatic hydroxyl groups excluding tert-OH is 1. The lowest BCUT2D eigenvalue weighted by molar-refractivity contribution is 0.0270. The molecule has 18 heavy (non-hydrogen) atoms. The average Bonchev–Trinajstić information content (AvgIpc) is 2.82. The first kappa shape index (κ1) is 13.3. The monoisotopic (exact) mass is 270 g/mol. The van der Waals surface area contributed by atoms with Gasteiger partial charge < -0.3 is 14.7 Å². The van der Waals surface area contributed by atoms with Crippen LogP contribution in [0.4, 0.5) is 4.79 Å². The fourth-order valence-electron chi connectivity index (χ4n) is 1.92. The topological polar surface area (TPSA) is 62.7 Å². The molecule has 1 N–H and O–H groups in total. The van der Waals surface area contributed by atoms with Gasteiger partial charge in [0.05, 0.1) is 23.6 Å². The number of hydrogen-bond donors (Lipinski definition) is 1. The first-order valence-electron chi connectivity index (χ1n) is 5.92. The second-order valence-corrected chi connectivity index (χ2v) is 6.36. The van der Waals surface area contributed by atoms with E-state index in [1.807, 2.05) is 26.2 Å². The van der Waals surface area contributed by atoms with Crippen molar-refractivity contribution in [2.45, 2.75) is 38.4 Å². The summed E-state index contributed by atoms with van der Waals surface area (Å²) in [5, 5.41) is 12.7. The molecular weight excluding hydrogens is 252 g/mol. The Labute approximate surface area is 110 Å². The van der Waals surface area contributed by atoms with E-state index in [1.54, 1.807) is 11.1 Å². The standard InChI is InChI=1S/C12H18N2O3S/c1-12(2,3)17-11(16)14-6-8(9(15)7-14)10-13-4-5-18-10/h4-5,8-9,15H,6-7H2,1-3H3/t8-,9-/m0/s1. The van der Waals surface area contributed by atoms with E-state index in [9.17, 15) is 9.90 Å². The Morgan fingerprint density at radius 1 is 1.56 bits per heavy atom. The van der Waals surface area contributed by atoms with Crippen LogP contribution in [0.1, 0.15) is 31.7 Å². The van der Waals surface area contributed by atoms with Crippen LogP contribution in [0.5, 0.6) is 0 Å². The van der Waals surface area contributed by atoms with E-state index in [0.29, 0.717) is 13.1 Å². The Kier molecular flexibility index (Phi) is 3.59. The van der Waals surface area contributed by atoms with Crippen LogP contribution in [0.2, 0.25) is 0 Å². The average molecular weight is 270 g/mol. The number of aromatic nitrogens is 1. The van der Waals surface area contributed by atoms with Crippen molar-refractivity contribution in [3.63, 3.8) is 0 Å². The second kappa shape index (κ2) is 4.85. The van der Waals surface area contributed by atoms with Gasteiger partial charge in [-0.3, -0.25) is 0 Å². The minimum atomic E-state index is -0.566. The molecule has 6 heteroatoms. The van der Waals surface area contributed by atoms with Gasteiger partial charge >= 0.3 is 6.09 Å². The molecule has 0 radical (unpaired) electrons. The summed E-state index contributed by atoms with van der Waals surface area (Å²) in [5.41, 5.74) is -0.513. The molecule has 100 valence electrons. The third kappa shape index (κ3) is 3.00. The van der Waals surface area contributed by atoms with Crippen LogP contribution < -0.4 is 0 Å². The molecule has 0 aliphatic carbocycles. The third-order valence-corrected chi connectivity index (χ3v) is 3.62. The van der Waals surface area contributed by atoms with E-state index in [0.717, 1.165) is 5.01 Å². The molecular formula is C12H18N2O3S. The molecule has 0 saturated carbocycles. The lowest BCUT2D eigenvalue weighted by Gasteiger charge is -2.24. The number of likely N-dealkylation sites (tertiary alicyclic amines) is 1. The largest absolute Gasteiger partial charge is 0.444 e. The molecule has 1 amide bonds. The van der Waals surface area contributed by atoms with Crippen molar-refractivity contribution < 1.29 is 14.6 Å². The molecule has 1 saturated heterocycles. The van der Waals surface area contributed by atoms with Crippen molar-refractivity contribution in [1.82, 2.24) is 9.88 Å². The van der Waals surface area contributed by atoms with Crippen molar-refractivity contribution in [2.75, 3.05) is 13.1 Å². The molecule has 1 fully saturated rings. The summed E-state index contributed by atoms with van der Waals surface area (Å²) < 4.78 is 5.29. The van der Waals surface area contributed by atoms with Gasteiger partial charge in [0.25, 0.3) is 0 Å². The molecule has 1 aromatic rings. The van der Waals surface area contributed by atoms with Crippen LogP contribution in [-0.4, -0.2) is 45.9 Å². The number of ether oxygens (including phenoxy) is 1. The van der Waals surface area contributed by atoms with Crippen molar-refractivity contribution in [3.8, 4) is 0 Å². The molecule has 5 nitrogen and oxygen atoms in total. The minimum absolute atomic E-state index is 0.0995. The van der Waals surface area contributed by atoms with Crippen molar-refractivity contribution in [1.29, 1.82) is 0 Å². The van der Waals surface area contributed by atoms with Crippen LogP contribution in [0.3, 0.4) is 0 Å². The number of hydrogen-bond acceptors (Lipinski definition) is 5. The fraction of sp³-hybridized carbons (Fsp3) is 0.667. The van der Waals surface area contributed by atoms with E-state index in [1.165, 1.54) is 11.3 Å². The quantitative estimate of drug-likeness (QED) is 0.845. The van der Waals surface area contributed by atoms with Crippen molar-refractivity contribution >= 4 is 17.4 Å². The van der Waals surface area contributed by atoms with Gasteiger partial charge in [0.15, 0.2) is 0 Å². The third-order valence-electron chi connectivity index (χ3n) is 2.71. The molecule has 2 rings (SSSR count). The van der Waals surface area contributed by atoms with Gasteiger partial charge in [-0.05, 0) is 20.8 Å². The summed E-state index contributed by atoms with van der Waals surface area (Å²) in [5.74, 6) is -0.0995. The number of amides is 1. The zero-order valence-electron chi connectivity index (χ0n) is 10.8. The molecule has 2 atom stereocenters. The van der Waals surface area contributed by atoms with Gasteiger partial charge in [-0.25, -0.2) is 9.78 Å². The number of rotatable bonds is 1. The van der Waals surface area contributed by atoms with Crippen LogP contribution in [0, 0.1) is 0 Å². The summed E-state index contributed by atoms with van der Waals surface area (Å²) in [6, 6.07) is 0. The number of nitrogens with zero attached hydrogens (tertiary/aromatic N) is 2. The van der Waals surface area contributed by atoms with Gasteiger partial charge in [-0.2, -0.15) is 0 Å². The number of carbonyl (C=O) groups is 1. The Hall–Kier alpha value is -1.14. The maximum absolute atomic E-state index is 11.9. The molecule has 0 bridgehead atoms. The first-order chi connectivity index (χ1) is 8.37. The van der Waals surface area contributed by atoms with Crippen LogP contribution in [0.15, 0.2) is 11.6 Å². The Morgan fingerprint density at radius 3 is 2.83 bits per heavy atom. The highest BCUT2D eigenvalue weighted by molar-refractivity contribution is 7.09. The number of carbonyl (C=O) groups excluding carboxylic acids is 1. The molecule has 0 unspecified atom stereocenters. The van der Waals surface area contributed by atoms with Crippen LogP contribution in [-0.2, 0) is 4.74 Å². The van der Waals surface area contributed by atoms with Gasteiger partial charge in [0.2, 0.25) is 0 Å². The molecule has 2 heterocycles. The van der Waals surface area contributed by atoms with E-state index in [2.05, 4.69) is 4.98 Å². The van der Waals surface area contributed by atoms with E-state index < -0.39 is 11.7 Å². The van der Waals surface area contributed by atoms with Gasteiger partial charge in [-0.1, -0.05) is 0 Å². The Morgan fingerprint density at radius 2 is 2.28 bits per heavy atom. The molecule has 1 aromatic heterocycles. The molecule has 1 aliphatic heterocycles. The zero-order valence-corrected chi connectivity index (χ0v) is 11.6. The highest BCUT2D eigenvalue weighted by Gasteiger charge is 2.38. The fourth-order valence-corrected chi connectivity index (χ4v) is 2.71. The van der Waals surface area contributed by atoms with E-state index in [-0.39, 0.29) is 12.0 Å². The smallest absolute Gasteiger partial charge is 0.410 e. The first-order valence-corrected chi connectivity index (χ1v) is 6.80. The highest BCUT2D eigenvalue weighted by Crippen LogP contribution is 2.29. The summed E-state index contributed by atoms with van der Waals surface area (Å²) in [4.78, 5) is 17.6. The summed E-state index contributed by atoms with van der Waals surface area (Å²) >= 11 is 1.50. The van der Waals surface area contributed by atoms with Gasteiger partial charge in [0, 0.05) is 18.1 Å². The number of β-amino-alcohol motifs (C(OH)–C–C–N with tert-alkyl or cyclic N) is 1. The normalized spacial score (nSPS) is 24.3. The SMILES string of the molecule is CC(C)(C)OC(=O)N1C[C@H](c2nccs2)[C@@H](O)C1. The predicted octanol–water partition coefficient (Wildman–Crippen LogP) is 1.84. The second-order valence-electron chi connectivity index (χ2n) is 5.43. The van der Waals surface area contributed by atoms with Crippen molar-refractivity contribution in [3.05, 3.63) is 16.6 Å². The molecule has 1 aliphatic rings. The Balaban J connectivity index is 2.00. The van der Waals surface area contributed by atoms with Gasteiger partial charge in [0.1, 0.15) is 5.60 Å². The van der Waals surface area contributed by atoms with Gasteiger partial charge in [-0.15, -0.1) is 11.3 Å². The summed E-state index contributed by atoms with van der Waals surface area (Å²) in [6.45, 7) is 6.25. The zero-order chi connectivity index (χ0) is 13.3. The van der Waals surface area contributed by atoms with Crippen LogP contribution in [0.25, 0.3) is 0 Å². The predicted molar refractivity (Wildman–Crippen MR) is 68.7 cm³/mol. The minimum Gasteiger partial charge on any atom is -0.444 e. The Bertz CT molecular complexity index is 413. The lowest BCUT2D eigenvalue weighted by Crippen LogP contribution is -2.35. The number of thiazole rings is 1. The highest BCUT2D eigenvalue weighted by atomic mass is 32.1. The number of aliphatic hydroxyl groups is 1. The van der Waals surface area contributed by atoms with Crippen LogP contribution >= 0.6 is 11.3 Å². The summed E-state index contributed by atoms with van der Waals surface area (Å²) in [6.07, 6.45) is 0.771. The molecule has 0 aromatic carbocycles. The summed E-state index contributed by atoms with van der Waals surface area (Å²) in [7, 11) is 0. The lowest BCUT2D eigenvalue weighted by atomic mass is 10.1. The maximum atomic E-state index is 11.9. The van der Waals surface area contributed by atoms with Crippen molar-refractivity contribution in [2.24, 2.45) is 0 Å². The van der Waals surface area contributed by atoms with E-state index in [4.69, 9.17) is 4.74 Å². The van der Waals surface area contributed by atoms with E-state index >= 15 is 0 Å². The maximum Gasteiger partial charge on any atom is 0.410 e. The molecule has 0 spiro atoms.